The molecule has 0 atom stereocenters. The molecule has 0 fully saturated rings. The highest BCUT2D eigenvalue weighted by Gasteiger charge is 2.18. The number of anilines is 2. The SMILES string of the molecule is Cn1cc(-c2cc(Oc3ccc(NC(=O)Nc4cc(CC(C)(C)C)[nH]n4)c(F)c3F)ccn2)cn1. The molecule has 3 N–H and O–H groups in total. The second-order valence-corrected chi connectivity index (χ2v) is 9.22. The molecule has 11 heteroatoms. The maximum Gasteiger partial charge on any atom is 0.324 e. The Morgan fingerprint density at radius 3 is 2.66 bits per heavy atom. The number of amides is 2. The zero-order chi connectivity index (χ0) is 25.2. The molecular weight excluding hydrogens is 456 g/mol. The van der Waals surface area contributed by atoms with E-state index >= 15 is 0 Å². The number of carbonyl (C=O) groups is 1. The molecule has 0 bridgehead atoms. The molecule has 4 aromatic rings. The molecule has 4 rings (SSSR count). The fourth-order valence-corrected chi connectivity index (χ4v) is 3.38. The number of pyridine rings is 1. The molecule has 0 unspecified atom stereocenters. The summed E-state index contributed by atoms with van der Waals surface area (Å²) < 4.78 is 36.5. The highest BCUT2D eigenvalue weighted by atomic mass is 19.2. The van der Waals surface area contributed by atoms with Crippen molar-refractivity contribution in [3.05, 3.63) is 66.3 Å². The normalized spacial score (nSPS) is 11.4. The van der Waals surface area contributed by atoms with Gasteiger partial charge in [0.15, 0.2) is 17.4 Å². The first-order valence-corrected chi connectivity index (χ1v) is 10.8. The van der Waals surface area contributed by atoms with E-state index in [-0.39, 0.29) is 28.4 Å². The molecule has 0 aliphatic carbocycles. The number of hydrogen-bond donors (Lipinski definition) is 3. The Labute approximate surface area is 200 Å². The molecule has 9 nitrogen and oxygen atoms in total. The van der Waals surface area contributed by atoms with Gasteiger partial charge in [-0.05, 0) is 30.0 Å². The van der Waals surface area contributed by atoms with E-state index in [2.05, 4.69) is 51.7 Å². The van der Waals surface area contributed by atoms with Crippen LogP contribution < -0.4 is 15.4 Å². The van der Waals surface area contributed by atoms with Crippen LogP contribution in [-0.4, -0.2) is 31.0 Å². The number of H-pyrrole nitrogens is 1. The van der Waals surface area contributed by atoms with Gasteiger partial charge in [0.1, 0.15) is 5.75 Å². The van der Waals surface area contributed by atoms with Crippen LogP contribution in [0.5, 0.6) is 11.5 Å². The lowest BCUT2D eigenvalue weighted by atomic mass is 9.91. The summed E-state index contributed by atoms with van der Waals surface area (Å²) in [5.41, 5.74) is 1.85. The quantitative estimate of drug-likeness (QED) is 0.336. The number of benzene rings is 1. The molecule has 0 aliphatic heterocycles. The largest absolute Gasteiger partial charge is 0.454 e. The first-order valence-electron chi connectivity index (χ1n) is 10.8. The average Bonchev–Trinajstić information content (AvgIpc) is 3.41. The van der Waals surface area contributed by atoms with Crippen molar-refractivity contribution in [1.29, 1.82) is 0 Å². The summed E-state index contributed by atoms with van der Waals surface area (Å²) >= 11 is 0. The van der Waals surface area contributed by atoms with Gasteiger partial charge in [-0.2, -0.15) is 14.6 Å². The fraction of sp³-hybridized carbons (Fsp3) is 0.250. The zero-order valence-electron chi connectivity index (χ0n) is 19.7. The van der Waals surface area contributed by atoms with Crippen LogP contribution in [0.3, 0.4) is 0 Å². The minimum atomic E-state index is -1.25. The molecule has 2 amide bonds. The van der Waals surface area contributed by atoms with Gasteiger partial charge >= 0.3 is 6.03 Å². The van der Waals surface area contributed by atoms with E-state index in [1.165, 1.54) is 24.4 Å². The van der Waals surface area contributed by atoms with Gasteiger partial charge in [0.2, 0.25) is 5.82 Å². The standard InChI is InChI=1S/C24H25F2N7O2/c1-24(2,3)11-15-9-20(32-31-15)30-23(34)29-17-5-6-19(22(26)21(17)25)35-16-7-8-27-18(10-16)14-12-28-33(4)13-14/h5-10,12-13H,11H2,1-4H3,(H3,29,30,31,32,34). The highest BCUT2D eigenvalue weighted by molar-refractivity contribution is 5.99. The number of ether oxygens (including phenoxy) is 1. The third kappa shape index (κ3) is 5.99. The van der Waals surface area contributed by atoms with E-state index in [0.717, 1.165) is 17.7 Å². The Balaban J connectivity index is 1.43. The van der Waals surface area contributed by atoms with Gasteiger partial charge in [-0.25, -0.2) is 9.18 Å². The molecule has 35 heavy (non-hydrogen) atoms. The number of rotatable bonds is 6. The lowest BCUT2D eigenvalue weighted by Gasteiger charge is -2.15. The summed E-state index contributed by atoms with van der Waals surface area (Å²) in [5, 5.41) is 15.7. The highest BCUT2D eigenvalue weighted by Crippen LogP contribution is 2.31. The number of urea groups is 1. The van der Waals surface area contributed by atoms with Gasteiger partial charge in [-0.3, -0.25) is 20.1 Å². The lowest BCUT2D eigenvalue weighted by molar-refractivity contribution is 0.262. The first-order chi connectivity index (χ1) is 16.6. The topological polar surface area (TPSA) is 110 Å². The number of carbonyl (C=O) groups excluding carboxylic acids is 1. The monoisotopic (exact) mass is 481 g/mol. The van der Waals surface area contributed by atoms with Crippen molar-refractivity contribution in [3.8, 4) is 22.8 Å². The summed E-state index contributed by atoms with van der Waals surface area (Å²) in [4.78, 5) is 16.5. The Morgan fingerprint density at radius 1 is 1.14 bits per heavy atom. The van der Waals surface area contributed by atoms with E-state index < -0.39 is 17.7 Å². The predicted octanol–water partition coefficient (Wildman–Crippen LogP) is 5.51. The van der Waals surface area contributed by atoms with Crippen LogP contribution in [0, 0.1) is 17.0 Å². The predicted molar refractivity (Wildman–Crippen MR) is 127 cm³/mol. The maximum absolute atomic E-state index is 14.7. The van der Waals surface area contributed by atoms with E-state index in [9.17, 15) is 13.6 Å². The number of nitrogens with zero attached hydrogens (tertiary/aromatic N) is 4. The van der Waals surface area contributed by atoms with Crippen LogP contribution in [0.4, 0.5) is 25.1 Å². The summed E-state index contributed by atoms with van der Waals surface area (Å²) in [6.45, 7) is 6.23. The van der Waals surface area contributed by atoms with Crippen molar-refractivity contribution in [3.63, 3.8) is 0 Å². The van der Waals surface area contributed by atoms with Crippen molar-refractivity contribution in [2.45, 2.75) is 27.2 Å². The van der Waals surface area contributed by atoms with Crippen LogP contribution in [0.1, 0.15) is 26.5 Å². The molecule has 0 aliphatic rings. The van der Waals surface area contributed by atoms with Crippen LogP contribution >= 0.6 is 0 Å². The first kappa shape index (κ1) is 23.9. The molecule has 3 aromatic heterocycles. The maximum atomic E-state index is 14.7. The zero-order valence-corrected chi connectivity index (χ0v) is 19.7. The molecule has 182 valence electrons. The third-order valence-electron chi connectivity index (χ3n) is 4.85. The number of aryl methyl sites for hydroxylation is 1. The Morgan fingerprint density at radius 2 is 1.94 bits per heavy atom. The summed E-state index contributed by atoms with van der Waals surface area (Å²) in [7, 11) is 1.77. The molecule has 3 heterocycles. The summed E-state index contributed by atoms with van der Waals surface area (Å²) in [6, 6.07) is 6.48. The number of aromatic amines is 1. The van der Waals surface area contributed by atoms with Gasteiger partial charge in [0.05, 0.1) is 17.6 Å². The number of halogens is 2. The molecule has 0 saturated heterocycles. The van der Waals surface area contributed by atoms with Crippen LogP contribution in [0.2, 0.25) is 0 Å². The van der Waals surface area contributed by atoms with Gasteiger partial charge < -0.3 is 10.1 Å². The van der Waals surface area contributed by atoms with Crippen molar-refractivity contribution in [2.75, 3.05) is 10.6 Å². The number of aromatic nitrogens is 5. The van der Waals surface area contributed by atoms with Crippen molar-refractivity contribution < 1.29 is 18.3 Å². The minimum Gasteiger partial charge on any atom is -0.454 e. The van der Waals surface area contributed by atoms with Gasteiger partial charge in [0, 0.05) is 42.8 Å². The Hall–Kier alpha value is -4.28. The number of hydrogen-bond acceptors (Lipinski definition) is 5. The summed E-state index contributed by atoms with van der Waals surface area (Å²) in [5.74, 6) is -2.30. The van der Waals surface area contributed by atoms with E-state index in [1.807, 2.05) is 0 Å². The van der Waals surface area contributed by atoms with Crippen molar-refractivity contribution in [1.82, 2.24) is 25.0 Å². The van der Waals surface area contributed by atoms with E-state index in [4.69, 9.17) is 4.74 Å². The lowest BCUT2D eigenvalue weighted by Crippen LogP contribution is -2.20. The van der Waals surface area contributed by atoms with Gasteiger partial charge in [0.25, 0.3) is 0 Å². The second-order valence-electron chi connectivity index (χ2n) is 9.22. The molecule has 0 saturated carbocycles. The molecule has 0 spiro atoms. The Bertz CT molecular complexity index is 1360. The van der Waals surface area contributed by atoms with Crippen LogP contribution in [0.15, 0.2) is 48.9 Å². The van der Waals surface area contributed by atoms with Crippen molar-refractivity contribution >= 4 is 17.5 Å². The summed E-state index contributed by atoms with van der Waals surface area (Å²) in [6.07, 6.45) is 5.62. The molecule has 1 aromatic carbocycles. The van der Waals surface area contributed by atoms with Crippen LogP contribution in [-0.2, 0) is 13.5 Å². The average molecular weight is 482 g/mol. The van der Waals surface area contributed by atoms with Gasteiger partial charge in [-0.15, -0.1) is 0 Å². The number of nitrogens with one attached hydrogen (secondary N) is 3. The molecular formula is C24H25F2N7O2. The van der Waals surface area contributed by atoms with Crippen molar-refractivity contribution in [2.24, 2.45) is 12.5 Å². The fourth-order valence-electron chi connectivity index (χ4n) is 3.38. The van der Waals surface area contributed by atoms with E-state index in [0.29, 0.717) is 5.69 Å². The minimum absolute atomic E-state index is 0.0348. The van der Waals surface area contributed by atoms with Gasteiger partial charge in [-0.1, -0.05) is 20.8 Å². The molecule has 0 radical (unpaired) electrons. The second kappa shape index (κ2) is 9.53. The smallest absolute Gasteiger partial charge is 0.324 e. The van der Waals surface area contributed by atoms with E-state index in [1.54, 1.807) is 36.3 Å². The third-order valence-corrected chi connectivity index (χ3v) is 4.85. The Kier molecular flexibility index (Phi) is 6.50. The van der Waals surface area contributed by atoms with Crippen LogP contribution in [0.25, 0.3) is 11.3 Å².